The van der Waals surface area contributed by atoms with Gasteiger partial charge in [0.1, 0.15) is 0 Å². The van der Waals surface area contributed by atoms with E-state index in [2.05, 4.69) is 0 Å². The lowest BCUT2D eigenvalue weighted by Gasteiger charge is -2.16. The number of carbonyl (C=O) groups is 2. The van der Waals surface area contributed by atoms with Crippen molar-refractivity contribution in [3.8, 4) is 0 Å². The molecular weight excluding hydrogens is 230 g/mol. The molecule has 4 nitrogen and oxygen atoms in total. The lowest BCUT2D eigenvalue weighted by molar-refractivity contribution is -0.137. The highest BCUT2D eigenvalue weighted by Gasteiger charge is 2.46. The molecule has 0 aromatic heterocycles. The molecule has 1 aliphatic heterocycles. The van der Waals surface area contributed by atoms with Gasteiger partial charge < -0.3 is 10.0 Å². The third-order valence-electron chi connectivity index (χ3n) is 4.12. The smallest absolute Gasteiger partial charge is 0.304 e. The van der Waals surface area contributed by atoms with Crippen LogP contribution in [0.15, 0.2) is 18.2 Å². The van der Waals surface area contributed by atoms with Crippen molar-refractivity contribution in [2.24, 2.45) is 0 Å². The minimum absolute atomic E-state index is 0.102. The Balaban J connectivity index is 1.97. The Morgan fingerprint density at radius 1 is 1.44 bits per heavy atom. The predicted molar refractivity (Wildman–Crippen MR) is 66.7 cm³/mol. The van der Waals surface area contributed by atoms with Gasteiger partial charge in [-0.3, -0.25) is 9.59 Å². The average Bonchev–Trinajstić information content (AvgIpc) is 3.02. The Kier molecular flexibility index (Phi) is 2.24. The fourth-order valence-corrected chi connectivity index (χ4v) is 2.78. The SMILES string of the molecule is CN1C(=O)Cc2ccc(C3(CC(=O)O)CC3)cc21. The van der Waals surface area contributed by atoms with Crippen LogP contribution in [0, 0.1) is 0 Å². The average molecular weight is 245 g/mol. The molecule has 94 valence electrons. The van der Waals surface area contributed by atoms with E-state index < -0.39 is 5.97 Å². The van der Waals surface area contributed by atoms with Crippen molar-refractivity contribution in [3.63, 3.8) is 0 Å². The predicted octanol–water partition coefficient (Wildman–Crippen LogP) is 1.71. The first-order valence-electron chi connectivity index (χ1n) is 6.14. The van der Waals surface area contributed by atoms with E-state index in [1.54, 1.807) is 11.9 Å². The molecule has 1 aromatic carbocycles. The topological polar surface area (TPSA) is 57.6 Å². The number of amides is 1. The van der Waals surface area contributed by atoms with E-state index in [0.717, 1.165) is 29.7 Å². The van der Waals surface area contributed by atoms with E-state index in [9.17, 15) is 9.59 Å². The number of nitrogens with zero attached hydrogens (tertiary/aromatic N) is 1. The van der Waals surface area contributed by atoms with Crippen molar-refractivity contribution >= 4 is 17.6 Å². The van der Waals surface area contributed by atoms with Gasteiger partial charge in [0.05, 0.1) is 12.8 Å². The van der Waals surface area contributed by atoms with Crippen LogP contribution in [0.2, 0.25) is 0 Å². The van der Waals surface area contributed by atoms with Crippen LogP contribution in [0.1, 0.15) is 30.4 Å². The van der Waals surface area contributed by atoms with Crippen LogP contribution in [0.4, 0.5) is 5.69 Å². The summed E-state index contributed by atoms with van der Waals surface area (Å²) in [7, 11) is 1.77. The number of hydrogen-bond acceptors (Lipinski definition) is 2. The molecule has 0 unspecified atom stereocenters. The number of aliphatic carboxylic acids is 1. The van der Waals surface area contributed by atoms with Gasteiger partial charge in [-0.25, -0.2) is 0 Å². The van der Waals surface area contributed by atoms with Crippen LogP contribution >= 0.6 is 0 Å². The fraction of sp³-hybridized carbons (Fsp3) is 0.429. The highest BCUT2D eigenvalue weighted by atomic mass is 16.4. The van der Waals surface area contributed by atoms with E-state index in [1.165, 1.54) is 0 Å². The normalized spacial score (nSPS) is 19.8. The van der Waals surface area contributed by atoms with Gasteiger partial charge >= 0.3 is 5.97 Å². The third kappa shape index (κ3) is 1.60. The molecule has 1 aliphatic carbocycles. The molecule has 0 spiro atoms. The molecule has 1 fully saturated rings. The van der Waals surface area contributed by atoms with Crippen LogP contribution in [0.5, 0.6) is 0 Å². The number of benzene rings is 1. The molecule has 0 atom stereocenters. The second kappa shape index (κ2) is 3.57. The molecule has 4 heteroatoms. The van der Waals surface area contributed by atoms with Crippen LogP contribution in [0.25, 0.3) is 0 Å². The van der Waals surface area contributed by atoms with Crippen LogP contribution in [-0.4, -0.2) is 24.0 Å². The van der Waals surface area contributed by atoms with E-state index in [4.69, 9.17) is 5.11 Å². The molecule has 18 heavy (non-hydrogen) atoms. The van der Waals surface area contributed by atoms with E-state index >= 15 is 0 Å². The minimum Gasteiger partial charge on any atom is -0.481 e. The molecule has 1 amide bonds. The number of fused-ring (bicyclic) bond motifs is 1. The van der Waals surface area contributed by atoms with Crippen LogP contribution in [0.3, 0.4) is 0 Å². The second-order valence-corrected chi connectivity index (χ2v) is 5.32. The second-order valence-electron chi connectivity index (χ2n) is 5.32. The lowest BCUT2D eigenvalue weighted by atomic mass is 9.91. The summed E-state index contributed by atoms with van der Waals surface area (Å²) in [6, 6.07) is 5.95. The highest BCUT2D eigenvalue weighted by Crippen LogP contribution is 2.52. The van der Waals surface area contributed by atoms with Crippen molar-refractivity contribution in [2.75, 3.05) is 11.9 Å². The van der Waals surface area contributed by atoms with E-state index in [-0.39, 0.29) is 17.7 Å². The third-order valence-corrected chi connectivity index (χ3v) is 4.12. The molecule has 1 N–H and O–H groups in total. The van der Waals surface area contributed by atoms with Crippen molar-refractivity contribution in [3.05, 3.63) is 29.3 Å². The Hall–Kier alpha value is -1.84. The maximum Gasteiger partial charge on any atom is 0.304 e. The minimum atomic E-state index is -0.752. The standard InChI is InChI=1S/C14H15NO3/c1-15-11-7-10(3-2-9(11)6-12(15)16)14(4-5-14)8-13(17)18/h2-3,7H,4-6,8H2,1H3,(H,17,18). The zero-order valence-corrected chi connectivity index (χ0v) is 10.3. The molecular formula is C14H15NO3. The zero-order chi connectivity index (χ0) is 12.9. The number of rotatable bonds is 3. The van der Waals surface area contributed by atoms with Gasteiger partial charge in [0.25, 0.3) is 0 Å². The molecule has 1 heterocycles. The summed E-state index contributed by atoms with van der Waals surface area (Å²) in [6.45, 7) is 0. The summed E-state index contributed by atoms with van der Waals surface area (Å²) in [6.07, 6.45) is 2.49. The van der Waals surface area contributed by atoms with Crippen molar-refractivity contribution < 1.29 is 14.7 Å². The molecule has 0 bridgehead atoms. The van der Waals surface area contributed by atoms with Gasteiger partial charge in [0.2, 0.25) is 5.91 Å². The summed E-state index contributed by atoms with van der Waals surface area (Å²) >= 11 is 0. The first-order chi connectivity index (χ1) is 8.52. The lowest BCUT2D eigenvalue weighted by Crippen LogP contribution is -2.21. The van der Waals surface area contributed by atoms with Gasteiger partial charge in [0, 0.05) is 18.2 Å². The van der Waals surface area contributed by atoms with Crippen LogP contribution < -0.4 is 4.90 Å². The van der Waals surface area contributed by atoms with E-state index in [0.29, 0.717) is 6.42 Å². The highest BCUT2D eigenvalue weighted by molar-refractivity contribution is 6.01. The number of anilines is 1. The fourth-order valence-electron chi connectivity index (χ4n) is 2.78. The maximum absolute atomic E-state index is 11.6. The maximum atomic E-state index is 11.6. The van der Waals surface area contributed by atoms with Gasteiger partial charge in [-0.2, -0.15) is 0 Å². The van der Waals surface area contributed by atoms with Gasteiger partial charge in [-0.1, -0.05) is 12.1 Å². The quantitative estimate of drug-likeness (QED) is 0.882. The molecule has 0 saturated heterocycles. The summed E-state index contributed by atoms with van der Waals surface area (Å²) in [5.74, 6) is -0.650. The summed E-state index contributed by atoms with van der Waals surface area (Å²) in [5.41, 5.74) is 2.85. The number of carboxylic acid groups (broad SMARTS) is 1. The monoisotopic (exact) mass is 245 g/mol. The Labute approximate surface area is 105 Å². The zero-order valence-electron chi connectivity index (χ0n) is 10.3. The Morgan fingerprint density at radius 2 is 2.17 bits per heavy atom. The molecule has 0 radical (unpaired) electrons. The van der Waals surface area contributed by atoms with Gasteiger partial charge in [-0.15, -0.1) is 0 Å². The van der Waals surface area contributed by atoms with Crippen molar-refractivity contribution in [1.82, 2.24) is 0 Å². The van der Waals surface area contributed by atoms with Crippen molar-refractivity contribution in [2.45, 2.75) is 31.1 Å². The largest absolute Gasteiger partial charge is 0.481 e. The van der Waals surface area contributed by atoms with Gasteiger partial charge in [0.15, 0.2) is 0 Å². The van der Waals surface area contributed by atoms with Gasteiger partial charge in [-0.05, 0) is 30.0 Å². The van der Waals surface area contributed by atoms with Crippen LogP contribution in [-0.2, 0) is 21.4 Å². The first kappa shape index (κ1) is 11.3. The number of hydrogen-bond donors (Lipinski definition) is 1. The summed E-state index contributed by atoms with van der Waals surface area (Å²) in [4.78, 5) is 24.2. The Bertz CT molecular complexity index is 546. The number of carboxylic acids is 1. The molecule has 2 aliphatic rings. The van der Waals surface area contributed by atoms with E-state index in [1.807, 2.05) is 18.2 Å². The number of carbonyl (C=O) groups excluding carboxylic acids is 1. The molecule has 3 rings (SSSR count). The number of likely N-dealkylation sites (N-methyl/N-ethyl adjacent to an activating group) is 1. The molecule has 1 aromatic rings. The first-order valence-corrected chi connectivity index (χ1v) is 6.14. The molecule has 1 saturated carbocycles. The Morgan fingerprint density at radius 3 is 2.78 bits per heavy atom. The van der Waals surface area contributed by atoms with Crippen molar-refractivity contribution in [1.29, 1.82) is 0 Å². The summed E-state index contributed by atoms with van der Waals surface area (Å²) in [5, 5.41) is 8.97. The summed E-state index contributed by atoms with van der Waals surface area (Å²) < 4.78 is 0.